The summed E-state index contributed by atoms with van der Waals surface area (Å²) in [6.45, 7) is 4.79. The molecular weight excluding hydrogens is 338 g/mol. The van der Waals surface area contributed by atoms with Gasteiger partial charge in [0, 0.05) is 19.6 Å². The van der Waals surface area contributed by atoms with E-state index in [9.17, 15) is 9.59 Å². The first-order valence-electron chi connectivity index (χ1n) is 10.5. The van der Waals surface area contributed by atoms with Crippen molar-refractivity contribution < 1.29 is 9.59 Å². The van der Waals surface area contributed by atoms with Gasteiger partial charge in [0.15, 0.2) is 0 Å². The van der Waals surface area contributed by atoms with Gasteiger partial charge in [0.25, 0.3) is 0 Å². The first-order chi connectivity index (χ1) is 13.1. The third kappa shape index (κ3) is 4.18. The molecule has 1 aromatic carbocycles. The molecule has 0 aliphatic carbocycles. The van der Waals surface area contributed by atoms with Crippen LogP contribution in [-0.4, -0.2) is 60.9 Å². The summed E-state index contributed by atoms with van der Waals surface area (Å²) in [5.74, 6) is 0.817. The van der Waals surface area contributed by atoms with Crippen molar-refractivity contribution in [2.45, 2.75) is 38.5 Å². The van der Waals surface area contributed by atoms with Crippen LogP contribution in [0.1, 0.15) is 37.7 Å². The standard InChI is InChI=1S/C22H31N3O2/c26-20(16-23-21(27)22-9-4-11-24(17-22)14-10-22)25-12-7-19(8-13-25)15-18-5-2-1-3-6-18/h1-3,5-6,19H,4,7-17H2,(H,23,27). The lowest BCUT2D eigenvalue weighted by Gasteiger charge is -2.34. The number of likely N-dealkylation sites (tertiary alicyclic amines) is 1. The van der Waals surface area contributed by atoms with Gasteiger partial charge in [-0.1, -0.05) is 30.3 Å². The smallest absolute Gasteiger partial charge is 0.241 e. The number of piperidine rings is 2. The Kier molecular flexibility index (Phi) is 5.48. The minimum absolute atomic E-state index is 0.0728. The zero-order valence-corrected chi connectivity index (χ0v) is 16.2. The third-order valence-electron chi connectivity index (χ3n) is 6.78. The predicted molar refractivity (Wildman–Crippen MR) is 105 cm³/mol. The molecule has 2 unspecified atom stereocenters. The van der Waals surface area contributed by atoms with Crippen LogP contribution < -0.4 is 5.32 Å². The predicted octanol–water partition coefficient (Wildman–Crippen LogP) is 2.07. The second-order valence-corrected chi connectivity index (χ2v) is 8.61. The van der Waals surface area contributed by atoms with E-state index in [1.54, 1.807) is 0 Å². The highest BCUT2D eigenvalue weighted by Crippen LogP contribution is 2.39. The number of nitrogens with zero attached hydrogens (tertiary/aromatic N) is 2. The summed E-state index contributed by atoms with van der Waals surface area (Å²) in [6.07, 6.45) is 6.20. The average Bonchev–Trinajstić information content (AvgIpc) is 3.02. The molecule has 2 bridgehead atoms. The third-order valence-corrected chi connectivity index (χ3v) is 6.78. The van der Waals surface area contributed by atoms with Gasteiger partial charge in [-0.15, -0.1) is 0 Å². The molecule has 5 nitrogen and oxygen atoms in total. The van der Waals surface area contributed by atoms with Crippen LogP contribution in [0.25, 0.3) is 0 Å². The molecule has 4 rings (SSSR count). The molecule has 146 valence electrons. The topological polar surface area (TPSA) is 52.7 Å². The Labute approximate surface area is 162 Å². The average molecular weight is 370 g/mol. The van der Waals surface area contributed by atoms with E-state index >= 15 is 0 Å². The van der Waals surface area contributed by atoms with Crippen molar-refractivity contribution >= 4 is 11.8 Å². The minimum Gasteiger partial charge on any atom is -0.347 e. The van der Waals surface area contributed by atoms with E-state index < -0.39 is 0 Å². The second-order valence-electron chi connectivity index (χ2n) is 8.61. The summed E-state index contributed by atoms with van der Waals surface area (Å²) in [7, 11) is 0. The van der Waals surface area contributed by atoms with Crippen LogP contribution >= 0.6 is 0 Å². The Morgan fingerprint density at radius 1 is 1.04 bits per heavy atom. The summed E-state index contributed by atoms with van der Waals surface area (Å²) in [5, 5.41) is 2.96. The number of amides is 2. The van der Waals surface area contributed by atoms with Gasteiger partial charge in [0.05, 0.1) is 12.0 Å². The maximum Gasteiger partial charge on any atom is 0.241 e. The quantitative estimate of drug-likeness (QED) is 0.864. The molecule has 2 amide bonds. The Bertz CT molecular complexity index is 665. The molecule has 3 fully saturated rings. The number of hydrogen-bond acceptors (Lipinski definition) is 3. The fraction of sp³-hybridized carbons (Fsp3) is 0.636. The molecule has 3 aliphatic heterocycles. The molecule has 2 atom stereocenters. The Balaban J connectivity index is 1.21. The number of benzene rings is 1. The molecule has 1 N–H and O–H groups in total. The molecule has 1 aromatic rings. The van der Waals surface area contributed by atoms with Crippen molar-refractivity contribution in [3.8, 4) is 0 Å². The van der Waals surface area contributed by atoms with E-state index in [4.69, 9.17) is 0 Å². The van der Waals surface area contributed by atoms with E-state index in [1.165, 1.54) is 5.56 Å². The van der Waals surface area contributed by atoms with Crippen molar-refractivity contribution in [3.05, 3.63) is 35.9 Å². The first-order valence-corrected chi connectivity index (χ1v) is 10.5. The number of nitrogens with one attached hydrogen (secondary N) is 1. The molecule has 5 heteroatoms. The SMILES string of the molecule is O=C(CNC(=O)C12CCCN(CC1)C2)N1CCC(Cc2ccccc2)CC1. The monoisotopic (exact) mass is 369 g/mol. The van der Waals surface area contributed by atoms with Crippen molar-refractivity contribution in [2.75, 3.05) is 39.3 Å². The summed E-state index contributed by atoms with van der Waals surface area (Å²) in [4.78, 5) is 29.6. The van der Waals surface area contributed by atoms with Crippen molar-refractivity contribution in [3.63, 3.8) is 0 Å². The van der Waals surface area contributed by atoms with Crippen molar-refractivity contribution in [1.29, 1.82) is 0 Å². The summed E-state index contributed by atoms with van der Waals surface area (Å²) < 4.78 is 0. The Morgan fingerprint density at radius 3 is 2.59 bits per heavy atom. The van der Waals surface area contributed by atoms with Gasteiger partial charge in [0.2, 0.25) is 11.8 Å². The lowest BCUT2D eigenvalue weighted by atomic mass is 9.80. The van der Waals surface area contributed by atoms with Gasteiger partial charge < -0.3 is 15.1 Å². The maximum absolute atomic E-state index is 12.7. The number of fused-ring (bicyclic) bond motifs is 2. The summed E-state index contributed by atoms with van der Waals surface area (Å²) >= 11 is 0. The number of carbonyl (C=O) groups is 2. The molecule has 0 saturated carbocycles. The lowest BCUT2D eigenvalue weighted by molar-refractivity contribution is -0.137. The van der Waals surface area contributed by atoms with Gasteiger partial charge in [-0.05, 0) is 63.1 Å². The largest absolute Gasteiger partial charge is 0.347 e. The Morgan fingerprint density at radius 2 is 1.81 bits per heavy atom. The number of hydrogen-bond donors (Lipinski definition) is 1. The fourth-order valence-electron chi connectivity index (χ4n) is 5.08. The van der Waals surface area contributed by atoms with E-state index in [0.29, 0.717) is 5.92 Å². The minimum atomic E-state index is -0.235. The highest BCUT2D eigenvalue weighted by atomic mass is 16.2. The molecule has 3 aliphatic rings. The van der Waals surface area contributed by atoms with Gasteiger partial charge >= 0.3 is 0 Å². The van der Waals surface area contributed by atoms with Crippen LogP contribution in [0.3, 0.4) is 0 Å². The Hall–Kier alpha value is -1.88. The highest BCUT2D eigenvalue weighted by Gasteiger charge is 2.46. The van der Waals surface area contributed by atoms with Crippen LogP contribution in [0.2, 0.25) is 0 Å². The normalized spacial score (nSPS) is 28.1. The maximum atomic E-state index is 12.7. The molecular formula is C22H31N3O2. The molecule has 3 saturated heterocycles. The van der Waals surface area contributed by atoms with Crippen LogP contribution in [0.5, 0.6) is 0 Å². The van der Waals surface area contributed by atoms with Crippen LogP contribution in [-0.2, 0) is 16.0 Å². The second kappa shape index (κ2) is 8.01. The van der Waals surface area contributed by atoms with Crippen LogP contribution in [0, 0.1) is 11.3 Å². The first kappa shape index (κ1) is 18.5. The molecule has 0 spiro atoms. The van der Waals surface area contributed by atoms with Gasteiger partial charge in [-0.25, -0.2) is 0 Å². The van der Waals surface area contributed by atoms with E-state index in [-0.39, 0.29) is 23.8 Å². The van der Waals surface area contributed by atoms with E-state index in [2.05, 4.69) is 40.5 Å². The van der Waals surface area contributed by atoms with Crippen molar-refractivity contribution in [2.24, 2.45) is 11.3 Å². The van der Waals surface area contributed by atoms with Gasteiger partial charge in [0.1, 0.15) is 0 Å². The molecule has 3 heterocycles. The number of rotatable bonds is 5. The zero-order valence-electron chi connectivity index (χ0n) is 16.2. The fourth-order valence-corrected chi connectivity index (χ4v) is 5.08. The summed E-state index contributed by atoms with van der Waals surface area (Å²) in [5.41, 5.74) is 1.15. The molecule has 27 heavy (non-hydrogen) atoms. The summed E-state index contributed by atoms with van der Waals surface area (Å²) in [6, 6.07) is 10.6. The lowest BCUT2D eigenvalue weighted by Crippen LogP contribution is -2.49. The van der Waals surface area contributed by atoms with Gasteiger partial charge in [-0.2, -0.15) is 0 Å². The van der Waals surface area contributed by atoms with E-state index in [1.807, 2.05) is 4.90 Å². The van der Waals surface area contributed by atoms with Crippen LogP contribution in [0.15, 0.2) is 30.3 Å². The van der Waals surface area contributed by atoms with Crippen LogP contribution in [0.4, 0.5) is 0 Å². The van der Waals surface area contributed by atoms with Gasteiger partial charge in [-0.3, -0.25) is 9.59 Å². The molecule has 0 aromatic heterocycles. The zero-order chi connectivity index (χ0) is 18.7. The number of carbonyl (C=O) groups excluding carboxylic acids is 2. The van der Waals surface area contributed by atoms with Crippen molar-refractivity contribution in [1.82, 2.24) is 15.1 Å². The highest BCUT2D eigenvalue weighted by molar-refractivity contribution is 5.88. The van der Waals surface area contributed by atoms with E-state index in [0.717, 1.165) is 71.2 Å². The molecule has 0 radical (unpaired) electrons.